The van der Waals surface area contributed by atoms with E-state index in [1.54, 1.807) is 0 Å². The fourth-order valence-electron chi connectivity index (χ4n) is 0.678. The Hall–Kier alpha value is -1.63. The van der Waals surface area contributed by atoms with E-state index in [1.165, 1.54) is 0 Å². The average Bonchev–Trinajstić information content (AvgIpc) is 2.02. The lowest BCUT2D eigenvalue weighted by Crippen LogP contribution is -2.37. The van der Waals surface area contributed by atoms with Crippen LogP contribution in [0.4, 0.5) is 0 Å². The van der Waals surface area contributed by atoms with E-state index in [4.69, 9.17) is 5.26 Å². The summed E-state index contributed by atoms with van der Waals surface area (Å²) in [6.07, 6.45) is -1.63. The minimum Gasteiger partial charge on any atom is -0.550 e. The van der Waals surface area contributed by atoms with Crippen LogP contribution >= 0.6 is 0 Å². The summed E-state index contributed by atoms with van der Waals surface area (Å²) in [7, 11) is 0. The summed E-state index contributed by atoms with van der Waals surface area (Å²) < 4.78 is 0. The number of carboxylic acids is 2. The molecule has 74 valence electrons. The maximum atomic E-state index is 10.3. The summed E-state index contributed by atoms with van der Waals surface area (Å²) in [5.41, 5.74) is 0. The molecule has 0 aliphatic carbocycles. The Balaban J connectivity index is 4.18. The molecular weight excluding hydrogens is 184 g/mol. The first kappa shape index (κ1) is 11.4. The molecule has 0 aliphatic heterocycles. The normalized spacial score (nSPS) is 11.8. The van der Waals surface area contributed by atoms with Crippen LogP contribution in [0.5, 0.6) is 0 Å². The third kappa shape index (κ3) is 4.75. The molecule has 7 heteroatoms. The van der Waals surface area contributed by atoms with Crippen molar-refractivity contribution in [3.8, 4) is 0 Å². The number of rotatable bonds is 5. The topological polar surface area (TPSA) is 127 Å². The molecule has 13 heavy (non-hydrogen) atoms. The van der Waals surface area contributed by atoms with Gasteiger partial charge in [-0.3, -0.25) is 0 Å². The molecule has 0 fully saturated rings. The Morgan fingerprint density at radius 3 is 2.08 bits per heavy atom. The van der Waals surface area contributed by atoms with Gasteiger partial charge in [0.15, 0.2) is 0 Å². The number of carbonyl (C=O) groups excluding carboxylic acids is 3. The average molecular weight is 190 g/mol. The second-order valence-electron chi connectivity index (χ2n) is 2.26. The number of hydrogen-bond acceptors (Lipinski definition) is 7. The lowest BCUT2D eigenvalue weighted by atomic mass is 10.0. The highest BCUT2D eigenvalue weighted by molar-refractivity contribution is 5.81. The highest BCUT2D eigenvalue weighted by Gasteiger charge is 2.16. The Morgan fingerprint density at radius 2 is 1.77 bits per heavy atom. The summed E-state index contributed by atoms with van der Waals surface area (Å²) in [6.45, 7) is 0. The molecule has 0 amide bonds. The van der Waals surface area contributed by atoms with Crippen LogP contribution in [0, 0.1) is 5.92 Å². The number of hydrogen-bond donors (Lipinski definition) is 1. The highest BCUT2D eigenvalue weighted by Crippen LogP contribution is 2.07. The molecule has 0 aromatic heterocycles. The fraction of sp³-hybridized carbons (Fsp3) is 0.500. The molecule has 1 N–H and O–H groups in total. The maximum Gasteiger partial charge on any atom is 0.342 e. The van der Waals surface area contributed by atoms with E-state index in [0.29, 0.717) is 0 Å². The molecule has 0 rings (SSSR count). The largest absolute Gasteiger partial charge is 0.550 e. The summed E-state index contributed by atoms with van der Waals surface area (Å²) in [5, 5.41) is 27.9. The van der Waals surface area contributed by atoms with Crippen molar-refractivity contribution in [3.05, 3.63) is 0 Å². The molecule has 0 aromatic carbocycles. The lowest BCUT2D eigenvalue weighted by Gasteiger charge is -2.16. The summed E-state index contributed by atoms with van der Waals surface area (Å²) in [6, 6.07) is 0. The molecule has 0 heterocycles. The quantitative estimate of drug-likeness (QED) is 0.359. The van der Waals surface area contributed by atoms with Crippen molar-refractivity contribution in [2.24, 2.45) is 5.92 Å². The van der Waals surface area contributed by atoms with Gasteiger partial charge < -0.3 is 24.7 Å². The fourth-order valence-corrected chi connectivity index (χ4v) is 0.678. The SMILES string of the molecule is O=C([O-])CC(CC(=O)OO)C(=O)[O-]. The van der Waals surface area contributed by atoms with Crippen molar-refractivity contribution in [1.29, 1.82) is 0 Å². The number of aliphatic carboxylic acids is 2. The molecule has 1 unspecified atom stereocenters. The van der Waals surface area contributed by atoms with Crippen molar-refractivity contribution in [1.82, 2.24) is 0 Å². The molecule has 1 atom stereocenters. The summed E-state index contributed by atoms with van der Waals surface area (Å²) >= 11 is 0. The van der Waals surface area contributed by atoms with Gasteiger partial charge in [0.05, 0.1) is 6.42 Å². The molecular formula is C6H6O7-2. The number of carbonyl (C=O) groups is 3. The Labute approximate surface area is 72.5 Å². The van der Waals surface area contributed by atoms with Crippen LogP contribution in [0.25, 0.3) is 0 Å². The second kappa shape index (κ2) is 5.09. The van der Waals surface area contributed by atoms with E-state index in [2.05, 4.69) is 4.89 Å². The van der Waals surface area contributed by atoms with Crippen molar-refractivity contribution in [2.45, 2.75) is 12.8 Å². The maximum absolute atomic E-state index is 10.3. The zero-order valence-corrected chi connectivity index (χ0v) is 6.39. The van der Waals surface area contributed by atoms with Crippen LogP contribution in [0.15, 0.2) is 0 Å². The smallest absolute Gasteiger partial charge is 0.342 e. The first-order valence-corrected chi connectivity index (χ1v) is 3.22. The zero-order chi connectivity index (χ0) is 10.4. The van der Waals surface area contributed by atoms with Gasteiger partial charge in [-0.05, 0) is 6.42 Å². The predicted molar refractivity (Wildman–Crippen MR) is 31.5 cm³/mol. The van der Waals surface area contributed by atoms with E-state index in [0.717, 1.165) is 0 Å². The summed E-state index contributed by atoms with van der Waals surface area (Å²) in [4.78, 5) is 33.7. The third-order valence-electron chi connectivity index (χ3n) is 1.26. The van der Waals surface area contributed by atoms with Crippen LogP contribution in [0.2, 0.25) is 0 Å². The first-order valence-electron chi connectivity index (χ1n) is 3.22. The van der Waals surface area contributed by atoms with E-state index in [-0.39, 0.29) is 0 Å². The van der Waals surface area contributed by atoms with E-state index in [9.17, 15) is 24.6 Å². The van der Waals surface area contributed by atoms with Crippen LogP contribution in [0.3, 0.4) is 0 Å². The van der Waals surface area contributed by atoms with Gasteiger partial charge in [0, 0.05) is 17.9 Å². The van der Waals surface area contributed by atoms with Gasteiger partial charge >= 0.3 is 5.97 Å². The third-order valence-corrected chi connectivity index (χ3v) is 1.26. The Morgan fingerprint density at radius 1 is 1.23 bits per heavy atom. The van der Waals surface area contributed by atoms with Gasteiger partial charge in [-0.15, -0.1) is 0 Å². The van der Waals surface area contributed by atoms with E-state index < -0.39 is 36.7 Å². The second-order valence-corrected chi connectivity index (χ2v) is 2.26. The molecule has 0 radical (unpaired) electrons. The zero-order valence-electron chi connectivity index (χ0n) is 6.39. The Bertz CT molecular complexity index is 221. The van der Waals surface area contributed by atoms with Gasteiger partial charge in [0.2, 0.25) is 0 Å². The van der Waals surface area contributed by atoms with E-state index >= 15 is 0 Å². The highest BCUT2D eigenvalue weighted by atomic mass is 17.1. The van der Waals surface area contributed by atoms with Gasteiger partial charge in [-0.2, -0.15) is 5.26 Å². The molecule has 0 spiro atoms. The van der Waals surface area contributed by atoms with Crippen LogP contribution in [-0.4, -0.2) is 23.2 Å². The standard InChI is InChI=1S/C6H8O7/c7-4(8)1-3(6(10)11)2-5(9)13-12/h3,12H,1-2H2,(H,7,8)(H,10,11)/p-2. The predicted octanol–water partition coefficient (Wildman–Crippen LogP) is -3.10. The molecule has 0 aliphatic rings. The first-order chi connectivity index (χ1) is 5.97. The number of carboxylic acid groups (broad SMARTS) is 2. The molecule has 0 saturated heterocycles. The van der Waals surface area contributed by atoms with Gasteiger partial charge in [0.25, 0.3) is 0 Å². The van der Waals surface area contributed by atoms with Gasteiger partial charge in [0.1, 0.15) is 0 Å². The lowest BCUT2D eigenvalue weighted by molar-refractivity contribution is -0.321. The van der Waals surface area contributed by atoms with Crippen molar-refractivity contribution < 1.29 is 34.7 Å². The minimum atomic E-state index is -1.71. The molecule has 0 saturated carbocycles. The van der Waals surface area contributed by atoms with Crippen LogP contribution < -0.4 is 10.2 Å². The summed E-state index contributed by atoms with van der Waals surface area (Å²) in [5.74, 6) is -6.13. The molecule has 7 nitrogen and oxygen atoms in total. The monoisotopic (exact) mass is 190 g/mol. The minimum absolute atomic E-state index is 0.771. The molecule has 0 bridgehead atoms. The Kier molecular flexibility index (Phi) is 4.45. The van der Waals surface area contributed by atoms with Crippen LogP contribution in [0.1, 0.15) is 12.8 Å². The van der Waals surface area contributed by atoms with Gasteiger partial charge in [-0.1, -0.05) is 0 Å². The van der Waals surface area contributed by atoms with E-state index in [1.807, 2.05) is 0 Å². The van der Waals surface area contributed by atoms with Gasteiger partial charge in [-0.25, -0.2) is 4.79 Å². The van der Waals surface area contributed by atoms with Crippen LogP contribution in [-0.2, 0) is 19.3 Å². The van der Waals surface area contributed by atoms with Crippen molar-refractivity contribution in [2.75, 3.05) is 0 Å². The van der Waals surface area contributed by atoms with Crippen molar-refractivity contribution in [3.63, 3.8) is 0 Å². The van der Waals surface area contributed by atoms with Crippen molar-refractivity contribution >= 4 is 17.9 Å². The molecule has 0 aromatic rings.